The van der Waals surface area contributed by atoms with E-state index in [-0.39, 0.29) is 5.41 Å². The molecule has 0 fully saturated rings. The topological polar surface area (TPSA) is 33.2 Å². The molecule has 0 unspecified atom stereocenters. The number of likely N-dealkylation sites (N-methyl/N-ethyl adjacent to an activating group) is 1. The summed E-state index contributed by atoms with van der Waals surface area (Å²) in [4.78, 5) is 10.3. The van der Waals surface area contributed by atoms with Crippen molar-refractivity contribution < 1.29 is 4.58 Å². The van der Waals surface area contributed by atoms with Crippen LogP contribution in [0, 0.1) is 0 Å². The molecule has 1 aromatic heterocycles. The van der Waals surface area contributed by atoms with Crippen molar-refractivity contribution in [1.82, 2.24) is 9.55 Å². The summed E-state index contributed by atoms with van der Waals surface area (Å²) in [5.41, 5.74) is 8.98. The van der Waals surface area contributed by atoms with E-state index in [0.717, 1.165) is 40.7 Å². The molecule has 4 nitrogen and oxygen atoms in total. The Kier molecular flexibility index (Phi) is 4.28. The molecule has 2 aliphatic rings. The van der Waals surface area contributed by atoms with Gasteiger partial charge in [-0.25, -0.2) is 4.98 Å². The van der Waals surface area contributed by atoms with Crippen LogP contribution in [-0.2, 0) is 12.5 Å². The minimum absolute atomic E-state index is 0.232. The molecule has 0 amide bonds. The fraction of sp³-hybridized carbons (Fsp3) is 0.207. The van der Waals surface area contributed by atoms with Gasteiger partial charge in [0.05, 0.1) is 18.3 Å². The molecule has 8 bridgehead atoms. The lowest BCUT2D eigenvalue weighted by atomic mass is 9.81. The summed E-state index contributed by atoms with van der Waals surface area (Å²) in [7, 11) is 4.21. The first kappa shape index (κ1) is 19.9. The zero-order chi connectivity index (χ0) is 22.7. The highest BCUT2D eigenvalue weighted by molar-refractivity contribution is 6.15. The summed E-state index contributed by atoms with van der Waals surface area (Å²) >= 11 is 0. The number of hydrogen-bond acceptors (Lipinski definition) is 2. The Bertz CT molecular complexity index is 1480. The van der Waals surface area contributed by atoms with Gasteiger partial charge in [-0.1, -0.05) is 68.4 Å². The summed E-state index contributed by atoms with van der Waals surface area (Å²) in [6.07, 6.45) is 2.17. The molecule has 33 heavy (non-hydrogen) atoms. The van der Waals surface area contributed by atoms with Crippen LogP contribution in [0.25, 0.3) is 22.5 Å². The molecule has 0 aliphatic carbocycles. The summed E-state index contributed by atoms with van der Waals surface area (Å²) in [5.74, 6) is 2.00. The molecule has 3 aromatic carbocycles. The van der Waals surface area contributed by atoms with Crippen LogP contribution >= 0.6 is 0 Å². The molecule has 0 atom stereocenters. The molecule has 0 radical (unpaired) electrons. The third-order valence-electron chi connectivity index (χ3n) is 7.02. The second-order valence-electron chi connectivity index (χ2n) is 9.63. The molecule has 4 aromatic rings. The number of aliphatic imine (C=N–C) groups is 1. The number of amidine groups is 1. The molecule has 3 heterocycles. The van der Waals surface area contributed by atoms with Gasteiger partial charge >= 0.3 is 5.84 Å². The maximum absolute atomic E-state index is 5.15. The summed E-state index contributed by atoms with van der Waals surface area (Å²) in [5, 5.41) is 0. The number of aryl methyl sites for hydroxylation is 1. The first-order valence-electron chi connectivity index (χ1n) is 11.4. The van der Waals surface area contributed by atoms with Crippen molar-refractivity contribution >= 4 is 11.5 Å². The number of rotatable bonds is 0. The number of benzene rings is 3. The van der Waals surface area contributed by atoms with Crippen molar-refractivity contribution in [3.63, 3.8) is 0 Å². The van der Waals surface area contributed by atoms with Crippen LogP contribution < -0.4 is 0 Å². The fourth-order valence-electron chi connectivity index (χ4n) is 5.00. The highest BCUT2D eigenvalue weighted by Crippen LogP contribution is 2.35. The predicted molar refractivity (Wildman–Crippen MR) is 134 cm³/mol. The van der Waals surface area contributed by atoms with Crippen molar-refractivity contribution in [2.45, 2.75) is 19.3 Å². The lowest BCUT2D eigenvalue weighted by Gasteiger charge is -2.23. The maximum Gasteiger partial charge on any atom is 0.326 e. The van der Waals surface area contributed by atoms with E-state index >= 15 is 0 Å². The molecule has 0 N–H and O–H groups in total. The van der Waals surface area contributed by atoms with E-state index in [1.54, 1.807) is 0 Å². The van der Waals surface area contributed by atoms with Crippen LogP contribution in [0.4, 0.5) is 0 Å². The standard InChI is InChI=1S/C29H27N4/c1-29(2)22-12-8-10-20(16-22)25-17-32(3)28(30-25)24-14-6-5-13-23(24)19-9-7-11-21(15-19)27-31-26(29)18-33(27)4/h5-16,18H,17H2,1-4H3/q+1. The van der Waals surface area contributed by atoms with E-state index < -0.39 is 0 Å². The summed E-state index contributed by atoms with van der Waals surface area (Å²) in [6.45, 7) is 5.30. The second kappa shape index (κ2) is 7.11. The first-order valence-corrected chi connectivity index (χ1v) is 11.4. The van der Waals surface area contributed by atoms with Crippen LogP contribution in [0.5, 0.6) is 0 Å². The zero-order valence-electron chi connectivity index (χ0n) is 19.5. The Balaban J connectivity index is 1.68. The zero-order valence-corrected chi connectivity index (χ0v) is 19.5. The quantitative estimate of drug-likeness (QED) is 0.349. The molecule has 162 valence electrons. The van der Waals surface area contributed by atoms with Gasteiger partial charge in [-0.2, -0.15) is 0 Å². The SMILES string of the molecule is Cn1cc2nc1-c1cccc(c1)-c1ccccc1C1=[N+](C)CC(=N1)c1cccc(c1)C2(C)C. The van der Waals surface area contributed by atoms with Gasteiger partial charge in [0.25, 0.3) is 0 Å². The Hall–Kier alpha value is -3.79. The molecule has 0 saturated carbocycles. The number of fused-ring (bicyclic) bond motifs is 12. The third-order valence-corrected chi connectivity index (χ3v) is 7.02. The van der Waals surface area contributed by atoms with Crippen molar-refractivity contribution in [1.29, 1.82) is 0 Å². The minimum Gasteiger partial charge on any atom is -0.334 e. The van der Waals surface area contributed by atoms with Crippen molar-refractivity contribution in [3.05, 3.63) is 101 Å². The highest BCUT2D eigenvalue weighted by atomic mass is 15.1. The Morgan fingerprint density at radius 3 is 2.42 bits per heavy atom. The van der Waals surface area contributed by atoms with Gasteiger partial charge in [0.1, 0.15) is 5.82 Å². The van der Waals surface area contributed by atoms with E-state index in [2.05, 4.69) is 116 Å². The van der Waals surface area contributed by atoms with Gasteiger partial charge < -0.3 is 4.57 Å². The Morgan fingerprint density at radius 1 is 0.848 bits per heavy atom. The van der Waals surface area contributed by atoms with Crippen LogP contribution in [0.1, 0.15) is 36.2 Å². The first-order chi connectivity index (χ1) is 15.9. The van der Waals surface area contributed by atoms with E-state index in [9.17, 15) is 0 Å². The lowest BCUT2D eigenvalue weighted by Crippen LogP contribution is -2.21. The van der Waals surface area contributed by atoms with Crippen LogP contribution in [0.15, 0.2) is 84.0 Å². The normalized spacial score (nSPS) is 16.1. The average Bonchev–Trinajstić information content (AvgIpc) is 3.42. The number of imidazole rings is 1. The second-order valence-corrected chi connectivity index (χ2v) is 9.63. The van der Waals surface area contributed by atoms with E-state index in [1.165, 1.54) is 22.3 Å². The number of nitrogens with zero attached hydrogens (tertiary/aromatic N) is 4. The van der Waals surface area contributed by atoms with Crippen molar-refractivity contribution in [3.8, 4) is 22.5 Å². The van der Waals surface area contributed by atoms with Crippen molar-refractivity contribution in [2.24, 2.45) is 12.0 Å². The Morgan fingerprint density at radius 2 is 1.58 bits per heavy atom. The molecule has 4 heteroatoms. The van der Waals surface area contributed by atoms with Gasteiger partial charge in [0.15, 0.2) is 6.54 Å². The molecule has 0 saturated heterocycles. The molecule has 0 spiro atoms. The average molecular weight is 432 g/mol. The van der Waals surface area contributed by atoms with Crippen LogP contribution in [0.3, 0.4) is 0 Å². The van der Waals surface area contributed by atoms with Gasteiger partial charge in [-0.3, -0.25) is 4.58 Å². The molecule has 6 rings (SSSR count). The predicted octanol–water partition coefficient (Wildman–Crippen LogP) is 5.29. The van der Waals surface area contributed by atoms with Crippen LogP contribution in [0.2, 0.25) is 0 Å². The van der Waals surface area contributed by atoms with Gasteiger partial charge in [-0.05, 0) is 39.9 Å². The third kappa shape index (κ3) is 3.09. The minimum atomic E-state index is -0.232. The maximum atomic E-state index is 5.15. The van der Waals surface area contributed by atoms with E-state index in [4.69, 9.17) is 9.98 Å². The summed E-state index contributed by atoms with van der Waals surface area (Å²) < 4.78 is 4.40. The molecular formula is C29H27N4+. The summed E-state index contributed by atoms with van der Waals surface area (Å²) in [6, 6.07) is 26.1. The number of aromatic nitrogens is 2. The smallest absolute Gasteiger partial charge is 0.326 e. The fourth-order valence-corrected chi connectivity index (χ4v) is 5.00. The van der Waals surface area contributed by atoms with E-state index in [0.29, 0.717) is 0 Å². The lowest BCUT2D eigenvalue weighted by molar-refractivity contribution is -0.477. The monoisotopic (exact) mass is 431 g/mol. The number of hydrogen-bond donors (Lipinski definition) is 0. The highest BCUT2D eigenvalue weighted by Gasteiger charge is 2.32. The molecule has 2 aliphatic heterocycles. The van der Waals surface area contributed by atoms with Crippen molar-refractivity contribution in [2.75, 3.05) is 13.6 Å². The van der Waals surface area contributed by atoms with Gasteiger partial charge in [0, 0.05) is 29.8 Å². The molecular weight excluding hydrogens is 404 g/mol. The van der Waals surface area contributed by atoms with Crippen LogP contribution in [-0.4, -0.2) is 39.3 Å². The van der Waals surface area contributed by atoms with Gasteiger partial charge in [-0.15, -0.1) is 0 Å². The largest absolute Gasteiger partial charge is 0.334 e. The Labute approximate surface area is 194 Å². The van der Waals surface area contributed by atoms with E-state index in [1.807, 2.05) is 0 Å². The van der Waals surface area contributed by atoms with Gasteiger partial charge in [0.2, 0.25) is 5.71 Å².